The normalized spacial score (nSPS) is 22.4. The lowest BCUT2D eigenvalue weighted by Gasteiger charge is -2.04. The molecule has 0 saturated carbocycles. The molecule has 0 unspecified atom stereocenters. The number of hydrogen-bond donors (Lipinski definition) is 1. The fraction of sp³-hybridized carbons (Fsp3) is 0.429. The molecular weight excluding hydrogens is 261 g/mol. The minimum absolute atomic E-state index is 0.0164. The second kappa shape index (κ2) is 5.30. The molecule has 0 bridgehead atoms. The molecule has 0 radical (unpaired) electrons. The first kappa shape index (κ1) is 13.2. The van der Waals surface area contributed by atoms with Gasteiger partial charge in [0.25, 0.3) is 0 Å². The number of aryl methyl sites for hydroxylation is 1. The number of hydrogen-bond acceptors (Lipinski definition) is 5. The molecule has 20 heavy (non-hydrogen) atoms. The van der Waals surface area contributed by atoms with Crippen molar-refractivity contribution in [1.29, 1.82) is 0 Å². The highest BCUT2D eigenvalue weighted by Gasteiger charge is 2.29. The van der Waals surface area contributed by atoms with Crippen LogP contribution in [0.5, 0.6) is 0 Å². The molecule has 1 aromatic carbocycles. The third-order valence-corrected chi connectivity index (χ3v) is 3.58. The van der Waals surface area contributed by atoms with Gasteiger partial charge in [0.05, 0.1) is 12.1 Å². The number of rotatable bonds is 3. The van der Waals surface area contributed by atoms with Crippen molar-refractivity contribution in [3.8, 4) is 11.4 Å². The van der Waals surface area contributed by atoms with Crippen molar-refractivity contribution < 1.29 is 13.7 Å². The van der Waals surface area contributed by atoms with Crippen molar-refractivity contribution >= 4 is 0 Å². The molecule has 1 aliphatic rings. The molecule has 6 heteroatoms. The van der Waals surface area contributed by atoms with Crippen molar-refractivity contribution in [3.05, 3.63) is 35.5 Å². The van der Waals surface area contributed by atoms with Gasteiger partial charge in [0, 0.05) is 19.2 Å². The molecule has 106 valence electrons. The second-order valence-corrected chi connectivity index (χ2v) is 4.97. The molecule has 1 aromatic heterocycles. The minimum Gasteiger partial charge on any atom is -0.380 e. The first-order valence-corrected chi connectivity index (χ1v) is 6.53. The zero-order chi connectivity index (χ0) is 14.1. The lowest BCUT2D eigenvalue weighted by molar-refractivity contribution is 0.116. The van der Waals surface area contributed by atoms with E-state index < -0.39 is 0 Å². The molecule has 5 nitrogen and oxygen atoms in total. The van der Waals surface area contributed by atoms with Crippen molar-refractivity contribution in [2.75, 3.05) is 13.7 Å². The van der Waals surface area contributed by atoms with Crippen LogP contribution in [0.4, 0.5) is 4.39 Å². The van der Waals surface area contributed by atoms with E-state index in [0.29, 0.717) is 17.3 Å². The van der Waals surface area contributed by atoms with Gasteiger partial charge in [-0.05, 0) is 37.1 Å². The van der Waals surface area contributed by atoms with Crippen LogP contribution in [0.3, 0.4) is 0 Å². The van der Waals surface area contributed by atoms with Gasteiger partial charge in [-0.25, -0.2) is 4.39 Å². The van der Waals surface area contributed by atoms with Gasteiger partial charge in [0.1, 0.15) is 5.82 Å². The van der Waals surface area contributed by atoms with Crippen molar-refractivity contribution in [1.82, 2.24) is 15.5 Å². The molecule has 2 atom stereocenters. The van der Waals surface area contributed by atoms with Crippen molar-refractivity contribution in [2.24, 2.45) is 0 Å². The summed E-state index contributed by atoms with van der Waals surface area (Å²) in [6.45, 7) is 2.48. The van der Waals surface area contributed by atoms with Crippen LogP contribution in [0, 0.1) is 12.7 Å². The summed E-state index contributed by atoms with van der Waals surface area (Å²) >= 11 is 0. The van der Waals surface area contributed by atoms with E-state index in [0.717, 1.165) is 18.5 Å². The van der Waals surface area contributed by atoms with Gasteiger partial charge in [0.2, 0.25) is 11.7 Å². The molecule has 2 aromatic rings. The summed E-state index contributed by atoms with van der Waals surface area (Å²) < 4.78 is 23.8. The summed E-state index contributed by atoms with van der Waals surface area (Å²) in [7, 11) is 1.69. The van der Waals surface area contributed by atoms with Crippen LogP contribution >= 0.6 is 0 Å². The van der Waals surface area contributed by atoms with Gasteiger partial charge in [-0.1, -0.05) is 5.16 Å². The van der Waals surface area contributed by atoms with Crippen LogP contribution in [0.1, 0.15) is 23.9 Å². The lowest BCUT2D eigenvalue weighted by Crippen LogP contribution is -2.16. The van der Waals surface area contributed by atoms with Crippen LogP contribution in [0.15, 0.2) is 22.7 Å². The first-order chi connectivity index (χ1) is 9.67. The fourth-order valence-electron chi connectivity index (χ4n) is 2.35. The summed E-state index contributed by atoms with van der Waals surface area (Å²) in [5.41, 5.74) is 1.31. The Morgan fingerprint density at radius 2 is 2.30 bits per heavy atom. The Hall–Kier alpha value is -1.79. The number of ether oxygens (including phenoxy) is 1. The summed E-state index contributed by atoms with van der Waals surface area (Å²) in [5, 5.41) is 7.24. The monoisotopic (exact) mass is 277 g/mol. The Kier molecular flexibility index (Phi) is 3.50. The van der Waals surface area contributed by atoms with Gasteiger partial charge < -0.3 is 14.6 Å². The molecule has 0 amide bonds. The highest BCUT2D eigenvalue weighted by atomic mass is 19.1. The molecular formula is C14H16FN3O2. The Labute approximate surface area is 116 Å². The van der Waals surface area contributed by atoms with Crippen molar-refractivity contribution in [2.45, 2.75) is 25.5 Å². The third-order valence-electron chi connectivity index (χ3n) is 3.58. The average Bonchev–Trinajstić information content (AvgIpc) is 3.09. The SMILES string of the molecule is CO[C@@H]1CN[C@@H](c2nc(-c3ccc(F)c(C)c3)no2)C1. The molecule has 1 N–H and O–H groups in total. The van der Waals surface area contributed by atoms with Crippen LogP contribution < -0.4 is 5.32 Å². The van der Waals surface area contributed by atoms with E-state index in [4.69, 9.17) is 9.26 Å². The molecule has 1 aliphatic heterocycles. The summed E-state index contributed by atoms with van der Waals surface area (Å²) in [6, 6.07) is 4.79. The third kappa shape index (κ3) is 2.44. The average molecular weight is 277 g/mol. The molecule has 1 saturated heterocycles. The predicted molar refractivity (Wildman–Crippen MR) is 70.6 cm³/mol. The van der Waals surface area contributed by atoms with E-state index in [-0.39, 0.29) is 18.0 Å². The topological polar surface area (TPSA) is 60.2 Å². The minimum atomic E-state index is -0.238. The highest BCUT2D eigenvalue weighted by molar-refractivity contribution is 5.55. The van der Waals surface area contributed by atoms with E-state index in [1.165, 1.54) is 6.07 Å². The maximum atomic E-state index is 13.3. The van der Waals surface area contributed by atoms with Gasteiger partial charge in [-0.3, -0.25) is 0 Å². The smallest absolute Gasteiger partial charge is 0.244 e. The number of nitrogens with one attached hydrogen (secondary N) is 1. The standard InChI is InChI=1S/C14H16FN3O2/c1-8-5-9(3-4-11(8)15)13-17-14(20-18-13)12-6-10(19-2)7-16-12/h3-5,10,12,16H,6-7H2,1-2H3/t10-,12+/m0/s1. The predicted octanol–water partition coefficient (Wildman–Crippen LogP) is 2.23. The zero-order valence-electron chi connectivity index (χ0n) is 11.4. The van der Waals surface area contributed by atoms with Gasteiger partial charge in [-0.15, -0.1) is 0 Å². The zero-order valence-corrected chi connectivity index (χ0v) is 11.4. The quantitative estimate of drug-likeness (QED) is 0.932. The van der Waals surface area contributed by atoms with Crippen LogP contribution in [0.2, 0.25) is 0 Å². The van der Waals surface area contributed by atoms with E-state index in [9.17, 15) is 4.39 Å². The van der Waals surface area contributed by atoms with Gasteiger partial charge in [-0.2, -0.15) is 4.98 Å². The highest BCUT2D eigenvalue weighted by Crippen LogP contribution is 2.26. The first-order valence-electron chi connectivity index (χ1n) is 6.53. The molecule has 0 spiro atoms. The number of nitrogens with zero attached hydrogens (tertiary/aromatic N) is 2. The Balaban J connectivity index is 1.81. The fourth-order valence-corrected chi connectivity index (χ4v) is 2.35. The number of aromatic nitrogens is 2. The van der Waals surface area contributed by atoms with Gasteiger partial charge in [0.15, 0.2) is 0 Å². The van der Waals surface area contributed by atoms with Crippen molar-refractivity contribution in [3.63, 3.8) is 0 Å². The molecule has 0 aliphatic carbocycles. The maximum absolute atomic E-state index is 13.3. The van der Waals surface area contributed by atoms with Crippen LogP contribution in [0.25, 0.3) is 11.4 Å². The van der Waals surface area contributed by atoms with E-state index in [2.05, 4.69) is 15.5 Å². The van der Waals surface area contributed by atoms with E-state index in [1.807, 2.05) is 0 Å². The second-order valence-electron chi connectivity index (χ2n) is 4.97. The number of benzene rings is 1. The largest absolute Gasteiger partial charge is 0.380 e. The molecule has 1 fully saturated rings. The van der Waals surface area contributed by atoms with E-state index >= 15 is 0 Å². The number of methoxy groups -OCH3 is 1. The lowest BCUT2D eigenvalue weighted by atomic mass is 10.1. The summed E-state index contributed by atoms with van der Waals surface area (Å²) in [6.07, 6.45) is 0.976. The van der Waals surface area contributed by atoms with Crippen LogP contribution in [-0.2, 0) is 4.74 Å². The Morgan fingerprint density at radius 1 is 1.45 bits per heavy atom. The summed E-state index contributed by atoms with van der Waals surface area (Å²) in [4.78, 5) is 4.38. The van der Waals surface area contributed by atoms with E-state index in [1.54, 1.807) is 26.2 Å². The molecule has 2 heterocycles. The Morgan fingerprint density at radius 3 is 3.00 bits per heavy atom. The Bertz CT molecular complexity index is 614. The maximum Gasteiger partial charge on any atom is 0.244 e. The van der Waals surface area contributed by atoms with Crippen LogP contribution in [-0.4, -0.2) is 29.9 Å². The summed E-state index contributed by atoms with van der Waals surface area (Å²) in [5.74, 6) is 0.783. The number of halogens is 1. The molecule has 3 rings (SSSR count). The van der Waals surface area contributed by atoms with Gasteiger partial charge >= 0.3 is 0 Å².